The fraction of sp³-hybridized carbons (Fsp3) is 0.583. The van der Waals surface area contributed by atoms with Crippen LogP contribution in [0.3, 0.4) is 0 Å². The number of rotatable bonds is 5. The minimum Gasteiger partial charge on any atom is -0.397 e. The predicted molar refractivity (Wildman–Crippen MR) is 74.5 cm³/mol. The second kappa shape index (κ2) is 6.17. The van der Waals surface area contributed by atoms with E-state index in [1.807, 2.05) is 6.07 Å². The maximum Gasteiger partial charge on any atom is 0.171 e. The summed E-state index contributed by atoms with van der Waals surface area (Å²) >= 11 is 1.43. The molecule has 1 aromatic heterocycles. The molecule has 2 heterocycles. The molecular weight excluding hydrogens is 250 g/mol. The summed E-state index contributed by atoms with van der Waals surface area (Å²) in [7, 11) is 0. The summed E-state index contributed by atoms with van der Waals surface area (Å²) in [5.74, 6) is 0.0266. The molecule has 1 fully saturated rings. The number of nitrogens with one attached hydrogen (secondary N) is 1. The van der Waals surface area contributed by atoms with Crippen LogP contribution in [0.25, 0.3) is 0 Å². The van der Waals surface area contributed by atoms with E-state index in [1.54, 1.807) is 6.92 Å². The van der Waals surface area contributed by atoms with Gasteiger partial charge in [-0.2, -0.15) is 0 Å². The summed E-state index contributed by atoms with van der Waals surface area (Å²) in [6.45, 7) is 7.01. The molecule has 18 heavy (non-hydrogen) atoms. The van der Waals surface area contributed by atoms with Crippen molar-refractivity contribution in [2.45, 2.75) is 6.92 Å². The third-order valence-electron chi connectivity index (χ3n) is 2.91. The summed E-state index contributed by atoms with van der Waals surface area (Å²) in [6, 6.07) is 1.83. The number of thiophene rings is 1. The van der Waals surface area contributed by atoms with Crippen molar-refractivity contribution >= 4 is 27.8 Å². The summed E-state index contributed by atoms with van der Waals surface area (Å²) in [5, 5.41) is 4.28. The Bertz CT molecular complexity index is 413. The van der Waals surface area contributed by atoms with Crippen molar-refractivity contribution in [1.29, 1.82) is 0 Å². The molecule has 1 aliphatic rings. The average Bonchev–Trinajstić information content (AvgIpc) is 2.72. The lowest BCUT2D eigenvalue weighted by Crippen LogP contribution is -2.38. The highest BCUT2D eigenvalue weighted by Gasteiger charge is 2.12. The molecule has 0 atom stereocenters. The van der Waals surface area contributed by atoms with Crippen LogP contribution in [0.4, 0.5) is 10.7 Å². The monoisotopic (exact) mass is 269 g/mol. The van der Waals surface area contributed by atoms with Gasteiger partial charge in [0.2, 0.25) is 0 Å². The summed E-state index contributed by atoms with van der Waals surface area (Å²) in [4.78, 5) is 14.3. The number of nitrogens with zero attached hydrogens (tertiary/aromatic N) is 1. The Labute approximate surface area is 111 Å². The van der Waals surface area contributed by atoms with Crippen molar-refractivity contribution in [3.63, 3.8) is 0 Å². The summed E-state index contributed by atoms with van der Waals surface area (Å²) in [6.07, 6.45) is 0. The lowest BCUT2D eigenvalue weighted by Gasteiger charge is -2.26. The maximum absolute atomic E-state index is 11.3. The fourth-order valence-electron chi connectivity index (χ4n) is 1.93. The summed E-state index contributed by atoms with van der Waals surface area (Å²) in [5.41, 5.74) is 6.35. The predicted octanol–water partition coefficient (Wildman–Crippen LogP) is 1.28. The van der Waals surface area contributed by atoms with Crippen LogP contribution in [-0.4, -0.2) is 50.1 Å². The van der Waals surface area contributed by atoms with Crippen molar-refractivity contribution in [1.82, 2.24) is 4.90 Å². The Kier molecular flexibility index (Phi) is 4.57. The minimum absolute atomic E-state index is 0.0266. The van der Waals surface area contributed by atoms with E-state index in [9.17, 15) is 4.79 Å². The van der Waals surface area contributed by atoms with Crippen LogP contribution >= 0.6 is 11.3 Å². The number of hydrogen-bond acceptors (Lipinski definition) is 6. The molecule has 0 radical (unpaired) electrons. The molecule has 0 aromatic carbocycles. The van der Waals surface area contributed by atoms with Crippen LogP contribution in [-0.2, 0) is 4.74 Å². The lowest BCUT2D eigenvalue weighted by molar-refractivity contribution is 0.0398. The molecule has 0 bridgehead atoms. The second-order valence-electron chi connectivity index (χ2n) is 4.33. The number of nitrogen functional groups attached to an aromatic ring is 1. The molecule has 1 aromatic rings. The highest BCUT2D eigenvalue weighted by Crippen LogP contribution is 2.29. The van der Waals surface area contributed by atoms with Gasteiger partial charge in [-0.3, -0.25) is 9.69 Å². The average molecular weight is 269 g/mol. The van der Waals surface area contributed by atoms with Crippen LogP contribution < -0.4 is 11.1 Å². The van der Waals surface area contributed by atoms with Gasteiger partial charge in [-0.15, -0.1) is 11.3 Å². The van der Waals surface area contributed by atoms with Crippen molar-refractivity contribution in [2.24, 2.45) is 0 Å². The zero-order valence-corrected chi connectivity index (χ0v) is 11.4. The highest BCUT2D eigenvalue weighted by atomic mass is 32.1. The van der Waals surface area contributed by atoms with Crippen LogP contribution in [0.2, 0.25) is 0 Å². The molecule has 6 heteroatoms. The van der Waals surface area contributed by atoms with Gasteiger partial charge in [0.05, 0.1) is 28.8 Å². The number of anilines is 2. The topological polar surface area (TPSA) is 67.6 Å². The second-order valence-corrected chi connectivity index (χ2v) is 5.38. The van der Waals surface area contributed by atoms with Gasteiger partial charge < -0.3 is 15.8 Å². The molecule has 100 valence electrons. The first-order valence-corrected chi connectivity index (χ1v) is 6.92. The van der Waals surface area contributed by atoms with E-state index in [1.165, 1.54) is 11.3 Å². The molecule has 0 aliphatic carbocycles. The molecule has 0 spiro atoms. The number of nitrogens with two attached hydrogens (primary N) is 1. The van der Waals surface area contributed by atoms with E-state index in [2.05, 4.69) is 10.2 Å². The Morgan fingerprint density at radius 2 is 2.28 bits per heavy atom. The van der Waals surface area contributed by atoms with Gasteiger partial charge in [0.1, 0.15) is 0 Å². The van der Waals surface area contributed by atoms with Crippen LogP contribution in [0, 0.1) is 0 Å². The third-order valence-corrected chi connectivity index (χ3v) is 4.12. The molecule has 0 unspecified atom stereocenters. The van der Waals surface area contributed by atoms with Crippen molar-refractivity contribution in [2.75, 3.05) is 50.4 Å². The van der Waals surface area contributed by atoms with E-state index < -0.39 is 0 Å². The Morgan fingerprint density at radius 3 is 2.89 bits per heavy atom. The van der Waals surface area contributed by atoms with Crippen LogP contribution in [0.1, 0.15) is 16.6 Å². The highest BCUT2D eigenvalue weighted by molar-refractivity contribution is 7.18. The van der Waals surface area contributed by atoms with Gasteiger partial charge in [-0.1, -0.05) is 0 Å². The largest absolute Gasteiger partial charge is 0.397 e. The number of ether oxygens (including phenoxy) is 1. The quantitative estimate of drug-likeness (QED) is 0.788. The number of ketones is 1. The third kappa shape index (κ3) is 3.44. The minimum atomic E-state index is 0.0266. The zero-order valence-electron chi connectivity index (χ0n) is 10.6. The molecule has 3 N–H and O–H groups in total. The van der Waals surface area contributed by atoms with Gasteiger partial charge in [0.15, 0.2) is 5.78 Å². The van der Waals surface area contributed by atoms with Gasteiger partial charge in [-0.05, 0) is 6.07 Å². The Hall–Kier alpha value is -1.11. The van der Waals surface area contributed by atoms with Crippen LogP contribution in [0.15, 0.2) is 6.07 Å². The SMILES string of the molecule is CC(=O)c1sc(NCCN2CCOCC2)cc1N. The van der Waals surface area contributed by atoms with Crippen molar-refractivity contribution in [3.8, 4) is 0 Å². The normalized spacial score (nSPS) is 16.7. The molecule has 1 saturated heterocycles. The number of carbonyl (C=O) groups is 1. The molecule has 1 aliphatic heterocycles. The first-order valence-electron chi connectivity index (χ1n) is 6.11. The Balaban J connectivity index is 1.79. The van der Waals surface area contributed by atoms with Crippen molar-refractivity contribution in [3.05, 3.63) is 10.9 Å². The van der Waals surface area contributed by atoms with Crippen LogP contribution in [0.5, 0.6) is 0 Å². The molecule has 2 rings (SSSR count). The van der Waals surface area contributed by atoms with Gasteiger partial charge >= 0.3 is 0 Å². The van der Waals surface area contributed by atoms with Gasteiger partial charge in [0, 0.05) is 33.1 Å². The van der Waals surface area contributed by atoms with E-state index >= 15 is 0 Å². The van der Waals surface area contributed by atoms with Gasteiger partial charge in [0.25, 0.3) is 0 Å². The molecular formula is C12H19N3O2S. The lowest BCUT2D eigenvalue weighted by atomic mass is 10.3. The van der Waals surface area contributed by atoms with E-state index in [0.29, 0.717) is 10.6 Å². The van der Waals surface area contributed by atoms with Crippen molar-refractivity contribution < 1.29 is 9.53 Å². The van der Waals surface area contributed by atoms with E-state index in [4.69, 9.17) is 10.5 Å². The first kappa shape index (κ1) is 13.3. The number of carbonyl (C=O) groups excluding carboxylic acids is 1. The molecule has 0 amide bonds. The number of hydrogen-bond donors (Lipinski definition) is 2. The van der Waals surface area contributed by atoms with Gasteiger partial charge in [-0.25, -0.2) is 0 Å². The zero-order chi connectivity index (χ0) is 13.0. The molecule has 5 nitrogen and oxygen atoms in total. The number of morpholine rings is 1. The van der Waals surface area contributed by atoms with E-state index in [0.717, 1.165) is 44.4 Å². The summed E-state index contributed by atoms with van der Waals surface area (Å²) < 4.78 is 5.30. The van der Waals surface area contributed by atoms with E-state index in [-0.39, 0.29) is 5.78 Å². The smallest absolute Gasteiger partial charge is 0.171 e. The maximum atomic E-state index is 11.3. The molecule has 0 saturated carbocycles. The first-order chi connectivity index (χ1) is 8.66. The standard InChI is InChI=1S/C12H19N3O2S/c1-9(16)12-10(13)8-11(18-12)14-2-3-15-4-6-17-7-5-15/h8,14H,2-7,13H2,1H3. The Morgan fingerprint density at radius 1 is 1.56 bits per heavy atom. The number of Topliss-reactive ketones (excluding diaryl/α,β-unsaturated/α-hetero) is 1. The fourth-order valence-corrected chi connectivity index (χ4v) is 2.83.